The van der Waals surface area contributed by atoms with Gasteiger partial charge in [0.25, 0.3) is 5.91 Å². The Morgan fingerprint density at radius 2 is 2.00 bits per heavy atom. The van der Waals surface area contributed by atoms with Crippen molar-refractivity contribution in [3.63, 3.8) is 0 Å². The number of amides is 1. The van der Waals surface area contributed by atoms with Crippen molar-refractivity contribution in [2.24, 2.45) is 0 Å². The van der Waals surface area contributed by atoms with E-state index in [4.69, 9.17) is 18.6 Å². The van der Waals surface area contributed by atoms with Crippen LogP contribution in [0.5, 0.6) is 5.75 Å². The number of hydrogen-bond acceptors (Lipinski definition) is 5. The van der Waals surface area contributed by atoms with Crippen LogP contribution in [0, 0.1) is 6.92 Å². The highest BCUT2D eigenvalue weighted by Crippen LogP contribution is 2.39. The van der Waals surface area contributed by atoms with Crippen molar-refractivity contribution >= 4 is 23.0 Å². The number of furan rings is 1. The lowest BCUT2D eigenvalue weighted by atomic mass is 9.98. The van der Waals surface area contributed by atoms with Crippen molar-refractivity contribution in [2.45, 2.75) is 32.7 Å². The number of fused-ring (bicyclic) bond motifs is 3. The summed E-state index contributed by atoms with van der Waals surface area (Å²) >= 11 is 0. The van der Waals surface area contributed by atoms with Gasteiger partial charge in [-0.15, -0.1) is 0 Å². The Labute approximate surface area is 146 Å². The molecule has 1 aromatic heterocycles. The van der Waals surface area contributed by atoms with Crippen LogP contribution in [0.15, 0.2) is 22.6 Å². The summed E-state index contributed by atoms with van der Waals surface area (Å²) in [4.78, 5) is 12.5. The monoisotopic (exact) mass is 345 g/mol. The van der Waals surface area contributed by atoms with Gasteiger partial charge in [0.15, 0.2) is 12.1 Å². The predicted octanol–water partition coefficient (Wildman–Crippen LogP) is 3.27. The summed E-state index contributed by atoms with van der Waals surface area (Å²) in [5, 5.41) is 3.66. The van der Waals surface area contributed by atoms with Gasteiger partial charge in [0.1, 0.15) is 16.9 Å². The molecule has 0 radical (unpaired) electrons. The van der Waals surface area contributed by atoms with Crippen molar-refractivity contribution < 1.29 is 23.4 Å². The Morgan fingerprint density at radius 1 is 1.28 bits per heavy atom. The summed E-state index contributed by atoms with van der Waals surface area (Å²) in [5.74, 6) is 0.768. The van der Waals surface area contributed by atoms with Crippen LogP contribution in [-0.2, 0) is 9.47 Å². The Balaban J connectivity index is 1.94. The van der Waals surface area contributed by atoms with Crippen LogP contribution in [0.3, 0.4) is 0 Å². The maximum absolute atomic E-state index is 12.5. The van der Waals surface area contributed by atoms with Crippen molar-refractivity contribution in [1.29, 1.82) is 0 Å². The molecular formula is C19H23NO5. The lowest BCUT2D eigenvalue weighted by Crippen LogP contribution is -2.34. The van der Waals surface area contributed by atoms with Gasteiger partial charge in [-0.2, -0.15) is 0 Å². The molecule has 0 saturated heterocycles. The maximum Gasteiger partial charge on any atom is 0.287 e. The summed E-state index contributed by atoms with van der Waals surface area (Å²) in [6, 6.07) is 3.71. The van der Waals surface area contributed by atoms with E-state index in [1.807, 2.05) is 45.1 Å². The number of ether oxygens (including phenoxy) is 3. The molecule has 0 unspecified atom stereocenters. The molecule has 2 heterocycles. The first kappa shape index (κ1) is 17.5. The summed E-state index contributed by atoms with van der Waals surface area (Å²) < 4.78 is 21.9. The second-order valence-corrected chi connectivity index (χ2v) is 6.56. The first-order chi connectivity index (χ1) is 11.9. The molecule has 1 aliphatic heterocycles. The van der Waals surface area contributed by atoms with E-state index in [0.717, 1.165) is 22.3 Å². The molecule has 6 nitrogen and oxygen atoms in total. The molecule has 134 valence electrons. The van der Waals surface area contributed by atoms with Gasteiger partial charge < -0.3 is 23.9 Å². The number of benzene rings is 1. The lowest BCUT2D eigenvalue weighted by molar-refractivity contribution is -0.0975. The maximum atomic E-state index is 12.5. The van der Waals surface area contributed by atoms with Gasteiger partial charge in [0.05, 0.1) is 6.54 Å². The third-order valence-electron chi connectivity index (χ3n) is 4.28. The average molecular weight is 345 g/mol. The zero-order valence-corrected chi connectivity index (χ0v) is 15.1. The summed E-state index contributed by atoms with van der Waals surface area (Å²) in [6.07, 6.45) is 3.53. The minimum Gasteiger partial charge on any atom is -0.483 e. The van der Waals surface area contributed by atoms with Crippen LogP contribution in [0.1, 0.15) is 35.5 Å². The van der Waals surface area contributed by atoms with Crippen LogP contribution >= 0.6 is 0 Å². The first-order valence-electron chi connectivity index (χ1n) is 8.14. The Kier molecular flexibility index (Phi) is 4.58. The van der Waals surface area contributed by atoms with Crippen LogP contribution in [0.2, 0.25) is 0 Å². The summed E-state index contributed by atoms with van der Waals surface area (Å²) in [5.41, 5.74) is 2.02. The first-order valence-corrected chi connectivity index (χ1v) is 8.14. The topological polar surface area (TPSA) is 69.9 Å². The van der Waals surface area contributed by atoms with E-state index in [0.29, 0.717) is 5.58 Å². The van der Waals surface area contributed by atoms with E-state index >= 15 is 0 Å². The number of carbonyl (C=O) groups is 1. The third kappa shape index (κ3) is 3.27. The molecule has 25 heavy (non-hydrogen) atoms. The number of nitrogens with one attached hydrogen (secondary N) is 1. The fourth-order valence-electron chi connectivity index (χ4n) is 2.94. The standard InChI is InChI=1S/C19H23NO5/c1-11-16-12-8-9-19(2,3)25-13(12)6-7-14(16)24-17(11)18(21)20-10-15(22-4)23-5/h6-9,15H,10H2,1-5H3,(H,20,21). The number of hydrogen-bond donors (Lipinski definition) is 1. The Morgan fingerprint density at radius 3 is 2.68 bits per heavy atom. The van der Waals surface area contributed by atoms with Crippen molar-refractivity contribution in [2.75, 3.05) is 20.8 Å². The quantitative estimate of drug-likeness (QED) is 0.842. The number of carbonyl (C=O) groups excluding carboxylic acids is 1. The molecule has 0 aliphatic carbocycles. The molecule has 1 amide bonds. The van der Waals surface area contributed by atoms with E-state index < -0.39 is 6.29 Å². The Bertz CT molecular complexity index is 830. The molecule has 1 aliphatic rings. The highest BCUT2D eigenvalue weighted by Gasteiger charge is 2.26. The summed E-state index contributed by atoms with van der Waals surface area (Å²) in [7, 11) is 3.04. The zero-order chi connectivity index (χ0) is 18.2. The molecule has 2 aromatic rings. The van der Waals surface area contributed by atoms with Crippen LogP contribution < -0.4 is 10.1 Å². The normalized spacial score (nSPS) is 15.3. The fourth-order valence-corrected chi connectivity index (χ4v) is 2.94. The van der Waals surface area contributed by atoms with Crippen LogP contribution in [0.4, 0.5) is 0 Å². The minimum absolute atomic E-state index is 0.234. The van der Waals surface area contributed by atoms with Crippen molar-refractivity contribution in [3.8, 4) is 5.75 Å². The highest BCUT2D eigenvalue weighted by atomic mass is 16.7. The molecule has 0 fully saturated rings. The summed E-state index contributed by atoms with van der Waals surface area (Å²) in [6.45, 7) is 6.11. The Hall–Kier alpha value is -2.31. The number of aryl methyl sites for hydroxylation is 1. The fraction of sp³-hybridized carbons (Fsp3) is 0.421. The van der Waals surface area contributed by atoms with Crippen molar-refractivity contribution in [1.82, 2.24) is 5.32 Å². The van der Waals surface area contributed by atoms with Gasteiger partial charge in [0, 0.05) is 30.7 Å². The van der Waals surface area contributed by atoms with E-state index in [-0.39, 0.29) is 23.8 Å². The third-order valence-corrected chi connectivity index (χ3v) is 4.28. The van der Waals surface area contributed by atoms with Crippen LogP contribution in [0.25, 0.3) is 17.0 Å². The molecule has 6 heteroatoms. The van der Waals surface area contributed by atoms with E-state index in [1.165, 1.54) is 14.2 Å². The minimum atomic E-state index is -0.500. The highest BCUT2D eigenvalue weighted by molar-refractivity contribution is 6.02. The van der Waals surface area contributed by atoms with E-state index in [2.05, 4.69) is 5.32 Å². The zero-order valence-electron chi connectivity index (χ0n) is 15.1. The van der Waals surface area contributed by atoms with Crippen LogP contribution in [-0.4, -0.2) is 38.6 Å². The number of methoxy groups -OCH3 is 2. The molecule has 0 bridgehead atoms. The molecule has 0 spiro atoms. The van der Waals surface area contributed by atoms with E-state index in [1.54, 1.807) is 0 Å². The second-order valence-electron chi connectivity index (χ2n) is 6.56. The lowest BCUT2D eigenvalue weighted by Gasteiger charge is -2.28. The van der Waals surface area contributed by atoms with Gasteiger partial charge in [-0.25, -0.2) is 0 Å². The largest absolute Gasteiger partial charge is 0.483 e. The number of rotatable bonds is 5. The van der Waals surface area contributed by atoms with E-state index in [9.17, 15) is 4.79 Å². The molecule has 3 rings (SSSR count). The predicted molar refractivity (Wildman–Crippen MR) is 94.8 cm³/mol. The second kappa shape index (κ2) is 6.54. The SMILES string of the molecule is COC(CNC(=O)c1oc2ccc3c(c2c1C)C=CC(C)(C)O3)OC. The van der Waals surface area contributed by atoms with Crippen molar-refractivity contribution in [3.05, 3.63) is 35.1 Å². The van der Waals surface area contributed by atoms with Gasteiger partial charge in [0.2, 0.25) is 0 Å². The molecule has 0 saturated carbocycles. The van der Waals surface area contributed by atoms with Gasteiger partial charge >= 0.3 is 0 Å². The average Bonchev–Trinajstić information content (AvgIpc) is 2.92. The molecule has 1 aromatic carbocycles. The smallest absolute Gasteiger partial charge is 0.287 e. The molecule has 1 N–H and O–H groups in total. The molecular weight excluding hydrogens is 322 g/mol. The van der Waals surface area contributed by atoms with Gasteiger partial charge in [-0.3, -0.25) is 4.79 Å². The molecule has 0 atom stereocenters. The van der Waals surface area contributed by atoms with Gasteiger partial charge in [-0.1, -0.05) is 6.08 Å². The van der Waals surface area contributed by atoms with Gasteiger partial charge in [-0.05, 0) is 39.0 Å².